The zero-order valence-electron chi connectivity index (χ0n) is 18.0. The van der Waals surface area contributed by atoms with Crippen molar-refractivity contribution in [3.8, 4) is 10.6 Å². The molecule has 1 fully saturated rings. The molecule has 2 aromatic heterocycles. The molecule has 162 valence electrons. The van der Waals surface area contributed by atoms with E-state index in [1.54, 1.807) is 0 Å². The molecule has 0 atom stereocenters. The molecule has 1 aromatic carbocycles. The topological polar surface area (TPSA) is 83.0 Å². The van der Waals surface area contributed by atoms with Gasteiger partial charge in [0.25, 0.3) is 5.91 Å². The molecule has 0 radical (unpaired) electrons. The molecule has 31 heavy (non-hydrogen) atoms. The maximum atomic E-state index is 12.6. The van der Waals surface area contributed by atoms with Gasteiger partial charge in [0.1, 0.15) is 27.3 Å². The number of piperidine rings is 1. The molecule has 3 heterocycles. The van der Waals surface area contributed by atoms with Crippen molar-refractivity contribution in [2.24, 2.45) is 0 Å². The van der Waals surface area contributed by atoms with Crippen LogP contribution in [0.5, 0.6) is 0 Å². The minimum atomic E-state index is -0.0909. The second-order valence-corrected chi connectivity index (χ2v) is 8.69. The van der Waals surface area contributed by atoms with Crippen molar-refractivity contribution in [3.63, 3.8) is 0 Å². The number of aryl methyl sites for hydroxylation is 2. The van der Waals surface area contributed by atoms with E-state index in [4.69, 9.17) is 0 Å². The van der Waals surface area contributed by atoms with E-state index in [0.717, 1.165) is 46.8 Å². The lowest BCUT2D eigenvalue weighted by atomic mass is 10.1. The Kier molecular flexibility index (Phi) is 6.76. The van der Waals surface area contributed by atoms with Crippen LogP contribution in [0.15, 0.2) is 36.4 Å². The molecule has 3 aromatic rings. The smallest absolute Gasteiger partial charge is 0.263 e. The maximum Gasteiger partial charge on any atom is 0.263 e. The summed E-state index contributed by atoms with van der Waals surface area (Å²) in [6.45, 7) is 6.97. The molecule has 0 spiro atoms. The number of hydrogen-bond acceptors (Lipinski definition) is 7. The SMILES string of the molecule is Cc1nc(NCCNC(=O)c2sc(-c3ccccc3)nc2C)cc(N2CCCCC2)n1. The Bertz CT molecular complexity index is 1030. The van der Waals surface area contributed by atoms with Crippen molar-refractivity contribution in [1.82, 2.24) is 20.3 Å². The Hall–Kier alpha value is -3.00. The Morgan fingerprint density at radius 3 is 2.58 bits per heavy atom. The zero-order chi connectivity index (χ0) is 21.6. The summed E-state index contributed by atoms with van der Waals surface area (Å²) in [5.41, 5.74) is 1.78. The number of rotatable bonds is 7. The van der Waals surface area contributed by atoms with Crippen LogP contribution in [0.4, 0.5) is 11.6 Å². The Labute approximate surface area is 187 Å². The quantitative estimate of drug-likeness (QED) is 0.544. The van der Waals surface area contributed by atoms with Gasteiger partial charge in [0.05, 0.1) is 5.69 Å². The zero-order valence-corrected chi connectivity index (χ0v) is 18.8. The second-order valence-electron chi connectivity index (χ2n) is 7.69. The largest absolute Gasteiger partial charge is 0.368 e. The molecule has 1 saturated heterocycles. The van der Waals surface area contributed by atoms with Crippen molar-refractivity contribution >= 4 is 28.9 Å². The third kappa shape index (κ3) is 5.38. The van der Waals surface area contributed by atoms with Crippen molar-refractivity contribution in [3.05, 3.63) is 52.8 Å². The number of amides is 1. The first kappa shape index (κ1) is 21.2. The van der Waals surface area contributed by atoms with E-state index < -0.39 is 0 Å². The van der Waals surface area contributed by atoms with Crippen LogP contribution in [0.25, 0.3) is 10.6 Å². The number of thiazole rings is 1. The molecule has 0 bridgehead atoms. The number of aromatic nitrogens is 3. The minimum absolute atomic E-state index is 0.0909. The second kappa shape index (κ2) is 9.87. The van der Waals surface area contributed by atoms with Crippen molar-refractivity contribution < 1.29 is 4.79 Å². The van der Waals surface area contributed by atoms with Crippen LogP contribution in [0, 0.1) is 13.8 Å². The van der Waals surface area contributed by atoms with Crippen LogP contribution in [-0.2, 0) is 0 Å². The highest BCUT2D eigenvalue weighted by Gasteiger charge is 2.16. The van der Waals surface area contributed by atoms with E-state index in [1.165, 1.54) is 30.6 Å². The Balaban J connectivity index is 1.31. The summed E-state index contributed by atoms with van der Waals surface area (Å²) in [6, 6.07) is 11.9. The first-order chi connectivity index (χ1) is 15.1. The number of carbonyl (C=O) groups excluding carboxylic acids is 1. The lowest BCUT2D eigenvalue weighted by Crippen LogP contribution is -2.31. The van der Waals surface area contributed by atoms with Gasteiger partial charge in [-0.2, -0.15) is 0 Å². The molecule has 4 rings (SSSR count). The average Bonchev–Trinajstić information content (AvgIpc) is 3.19. The van der Waals surface area contributed by atoms with Gasteiger partial charge in [-0.25, -0.2) is 15.0 Å². The molecule has 2 N–H and O–H groups in total. The molecule has 1 aliphatic rings. The maximum absolute atomic E-state index is 12.6. The fourth-order valence-corrected chi connectivity index (χ4v) is 4.67. The standard InChI is InChI=1S/C23H28N6OS/c1-16-21(31-23(26-16)18-9-5-3-6-10-18)22(30)25-12-11-24-19-15-20(28-17(2)27-19)29-13-7-4-8-14-29/h3,5-6,9-10,15H,4,7-8,11-14H2,1-2H3,(H,25,30)(H,24,27,28). The van der Waals surface area contributed by atoms with Crippen LogP contribution >= 0.6 is 11.3 Å². The Morgan fingerprint density at radius 2 is 1.81 bits per heavy atom. The fraction of sp³-hybridized carbons (Fsp3) is 0.391. The van der Waals surface area contributed by atoms with Crippen LogP contribution < -0.4 is 15.5 Å². The highest BCUT2D eigenvalue weighted by molar-refractivity contribution is 7.17. The fourth-order valence-electron chi connectivity index (χ4n) is 3.69. The molecule has 1 amide bonds. The monoisotopic (exact) mass is 436 g/mol. The predicted molar refractivity (Wildman–Crippen MR) is 126 cm³/mol. The lowest BCUT2D eigenvalue weighted by molar-refractivity contribution is 0.0958. The number of nitrogens with zero attached hydrogens (tertiary/aromatic N) is 4. The summed E-state index contributed by atoms with van der Waals surface area (Å²) >= 11 is 1.43. The number of hydrogen-bond donors (Lipinski definition) is 2. The molecular weight excluding hydrogens is 408 g/mol. The van der Waals surface area contributed by atoms with E-state index >= 15 is 0 Å². The third-order valence-corrected chi connectivity index (χ3v) is 6.45. The molecule has 1 aliphatic heterocycles. The molecule has 8 heteroatoms. The van der Waals surface area contributed by atoms with Gasteiger partial charge in [-0.05, 0) is 33.1 Å². The van der Waals surface area contributed by atoms with Crippen LogP contribution in [0.1, 0.15) is 40.5 Å². The van der Waals surface area contributed by atoms with Gasteiger partial charge in [-0.3, -0.25) is 4.79 Å². The summed E-state index contributed by atoms with van der Waals surface area (Å²) in [6.07, 6.45) is 3.71. The molecule has 0 unspecified atom stereocenters. The summed E-state index contributed by atoms with van der Waals surface area (Å²) in [7, 11) is 0. The molecule has 0 aliphatic carbocycles. The van der Waals surface area contributed by atoms with Crippen molar-refractivity contribution in [2.75, 3.05) is 36.4 Å². The highest BCUT2D eigenvalue weighted by Crippen LogP contribution is 2.27. The van der Waals surface area contributed by atoms with Gasteiger partial charge in [0, 0.05) is 37.8 Å². The number of nitrogens with one attached hydrogen (secondary N) is 2. The van der Waals surface area contributed by atoms with Gasteiger partial charge in [0.2, 0.25) is 0 Å². The van der Waals surface area contributed by atoms with Crippen LogP contribution in [0.3, 0.4) is 0 Å². The Morgan fingerprint density at radius 1 is 1.03 bits per heavy atom. The first-order valence-electron chi connectivity index (χ1n) is 10.8. The van der Waals surface area contributed by atoms with E-state index in [1.807, 2.05) is 50.2 Å². The summed E-state index contributed by atoms with van der Waals surface area (Å²) < 4.78 is 0. The summed E-state index contributed by atoms with van der Waals surface area (Å²) in [5, 5.41) is 7.16. The van der Waals surface area contributed by atoms with Gasteiger partial charge in [-0.15, -0.1) is 11.3 Å². The lowest BCUT2D eigenvalue weighted by Gasteiger charge is -2.28. The van der Waals surface area contributed by atoms with Gasteiger partial charge in [-0.1, -0.05) is 30.3 Å². The average molecular weight is 437 g/mol. The van der Waals surface area contributed by atoms with Gasteiger partial charge < -0.3 is 15.5 Å². The number of benzene rings is 1. The number of anilines is 2. The molecule has 7 nitrogen and oxygen atoms in total. The van der Waals surface area contributed by atoms with Crippen molar-refractivity contribution in [2.45, 2.75) is 33.1 Å². The third-order valence-electron chi connectivity index (χ3n) is 5.24. The van der Waals surface area contributed by atoms with E-state index in [0.29, 0.717) is 18.0 Å². The highest BCUT2D eigenvalue weighted by atomic mass is 32.1. The van der Waals surface area contributed by atoms with Gasteiger partial charge >= 0.3 is 0 Å². The van der Waals surface area contributed by atoms with Crippen molar-refractivity contribution in [1.29, 1.82) is 0 Å². The summed E-state index contributed by atoms with van der Waals surface area (Å²) in [5.74, 6) is 2.44. The van der Waals surface area contributed by atoms with E-state index in [9.17, 15) is 4.79 Å². The van der Waals surface area contributed by atoms with E-state index in [-0.39, 0.29) is 5.91 Å². The van der Waals surface area contributed by atoms with Crippen LogP contribution in [-0.4, -0.2) is 47.0 Å². The first-order valence-corrected chi connectivity index (χ1v) is 11.6. The summed E-state index contributed by atoms with van der Waals surface area (Å²) in [4.78, 5) is 29.3. The minimum Gasteiger partial charge on any atom is -0.368 e. The molecular formula is C23H28N6OS. The normalized spacial score (nSPS) is 13.8. The predicted octanol–water partition coefficient (Wildman–Crippen LogP) is 4.05. The molecule has 0 saturated carbocycles. The van der Waals surface area contributed by atoms with Gasteiger partial charge in [0.15, 0.2) is 0 Å². The van der Waals surface area contributed by atoms with E-state index in [2.05, 4.69) is 30.5 Å². The number of carbonyl (C=O) groups is 1. The van der Waals surface area contributed by atoms with Crippen LogP contribution in [0.2, 0.25) is 0 Å².